The molecule has 0 spiro atoms. The van der Waals surface area contributed by atoms with E-state index in [0.29, 0.717) is 16.2 Å². The predicted octanol–water partition coefficient (Wildman–Crippen LogP) is 2.08. The van der Waals surface area contributed by atoms with E-state index in [0.717, 1.165) is 23.0 Å². The zero-order valence-electron chi connectivity index (χ0n) is 12.0. The van der Waals surface area contributed by atoms with Crippen LogP contribution in [-0.2, 0) is 4.79 Å². The van der Waals surface area contributed by atoms with E-state index < -0.39 is 11.2 Å². The normalized spacial score (nSPS) is 12.5. The van der Waals surface area contributed by atoms with Crippen LogP contribution in [0.1, 0.15) is 12.5 Å². The SMILES string of the molecule is Cc1ccc(-n2nnc3c(SC(C)C(=O)O)ncnc32)cc1. The lowest BCUT2D eigenvalue weighted by Crippen LogP contribution is -2.11. The van der Waals surface area contributed by atoms with Gasteiger partial charge in [-0.05, 0) is 26.0 Å². The smallest absolute Gasteiger partial charge is 0.316 e. The van der Waals surface area contributed by atoms with Crippen LogP contribution in [0.15, 0.2) is 35.6 Å². The average Bonchev–Trinajstić information content (AvgIpc) is 2.93. The summed E-state index contributed by atoms with van der Waals surface area (Å²) in [4.78, 5) is 19.3. The van der Waals surface area contributed by atoms with Crippen LogP contribution in [0.3, 0.4) is 0 Å². The van der Waals surface area contributed by atoms with Crippen LogP contribution in [0, 0.1) is 6.92 Å². The van der Waals surface area contributed by atoms with Gasteiger partial charge in [0.15, 0.2) is 11.2 Å². The Kier molecular flexibility index (Phi) is 3.76. The number of carboxylic acid groups (broad SMARTS) is 1. The summed E-state index contributed by atoms with van der Waals surface area (Å²) in [6.45, 7) is 3.61. The molecule has 22 heavy (non-hydrogen) atoms. The number of carboxylic acids is 1. The Morgan fingerprint density at radius 1 is 1.27 bits per heavy atom. The minimum absolute atomic E-state index is 0.501. The van der Waals surface area contributed by atoms with E-state index in [2.05, 4.69) is 20.3 Å². The van der Waals surface area contributed by atoms with Crippen LogP contribution in [0.5, 0.6) is 0 Å². The number of hydrogen-bond donors (Lipinski definition) is 1. The Hall–Kier alpha value is -2.48. The molecular formula is C14H13N5O2S. The molecule has 1 N–H and O–H groups in total. The minimum Gasteiger partial charge on any atom is -0.480 e. The van der Waals surface area contributed by atoms with Crippen molar-refractivity contribution in [3.63, 3.8) is 0 Å². The first kappa shape index (κ1) is 14.5. The number of carbonyl (C=O) groups is 1. The highest BCUT2D eigenvalue weighted by molar-refractivity contribution is 8.00. The number of hydrogen-bond acceptors (Lipinski definition) is 6. The molecule has 2 aromatic heterocycles. The number of aryl methyl sites for hydroxylation is 1. The van der Waals surface area contributed by atoms with Gasteiger partial charge in [-0.3, -0.25) is 4.79 Å². The van der Waals surface area contributed by atoms with E-state index in [9.17, 15) is 4.79 Å². The highest BCUT2D eigenvalue weighted by Gasteiger charge is 2.19. The van der Waals surface area contributed by atoms with Gasteiger partial charge in [0.1, 0.15) is 16.6 Å². The van der Waals surface area contributed by atoms with Crippen LogP contribution in [0.4, 0.5) is 0 Å². The number of rotatable bonds is 4. The standard InChI is InChI=1S/C14H13N5O2S/c1-8-3-5-10(6-4-8)19-12-11(17-18-19)13(16-7-15-12)22-9(2)14(20)21/h3-7,9H,1-2H3,(H,20,21). The van der Waals surface area contributed by atoms with Gasteiger partial charge in [-0.2, -0.15) is 4.68 Å². The molecule has 1 aromatic carbocycles. The van der Waals surface area contributed by atoms with Gasteiger partial charge in [0.25, 0.3) is 0 Å². The molecule has 0 bridgehead atoms. The van der Waals surface area contributed by atoms with Gasteiger partial charge in [0.2, 0.25) is 0 Å². The van der Waals surface area contributed by atoms with Crippen LogP contribution in [0.2, 0.25) is 0 Å². The second-order valence-electron chi connectivity index (χ2n) is 4.79. The van der Waals surface area contributed by atoms with Gasteiger partial charge < -0.3 is 5.11 Å². The third kappa shape index (κ3) is 2.64. The Labute approximate surface area is 130 Å². The van der Waals surface area contributed by atoms with Crippen LogP contribution in [0.25, 0.3) is 16.9 Å². The zero-order valence-corrected chi connectivity index (χ0v) is 12.8. The molecule has 0 saturated heterocycles. The first-order chi connectivity index (χ1) is 10.6. The van der Waals surface area contributed by atoms with Crippen molar-refractivity contribution in [1.29, 1.82) is 0 Å². The molecular weight excluding hydrogens is 302 g/mol. The van der Waals surface area contributed by atoms with E-state index in [-0.39, 0.29) is 0 Å². The summed E-state index contributed by atoms with van der Waals surface area (Å²) < 4.78 is 1.62. The van der Waals surface area contributed by atoms with E-state index in [1.807, 2.05) is 31.2 Å². The summed E-state index contributed by atoms with van der Waals surface area (Å²) in [7, 11) is 0. The van der Waals surface area contributed by atoms with Crippen LogP contribution < -0.4 is 0 Å². The van der Waals surface area contributed by atoms with Crippen molar-refractivity contribution in [3.8, 4) is 5.69 Å². The van der Waals surface area contributed by atoms with Gasteiger partial charge in [-0.25, -0.2) is 9.97 Å². The van der Waals surface area contributed by atoms with Crippen molar-refractivity contribution < 1.29 is 9.90 Å². The third-order valence-corrected chi connectivity index (χ3v) is 4.20. The lowest BCUT2D eigenvalue weighted by molar-refractivity contribution is -0.136. The Balaban J connectivity index is 2.05. The maximum Gasteiger partial charge on any atom is 0.316 e. The van der Waals surface area contributed by atoms with Gasteiger partial charge in [0.05, 0.1) is 5.69 Å². The second-order valence-corrected chi connectivity index (χ2v) is 6.12. The number of aliphatic carboxylic acids is 1. The van der Waals surface area contributed by atoms with Crippen molar-refractivity contribution in [2.75, 3.05) is 0 Å². The number of fused-ring (bicyclic) bond motifs is 1. The lowest BCUT2D eigenvalue weighted by atomic mass is 10.2. The summed E-state index contributed by atoms with van der Waals surface area (Å²) in [5.41, 5.74) is 3.04. The fraction of sp³-hybridized carbons (Fsp3) is 0.214. The quantitative estimate of drug-likeness (QED) is 0.582. The second kappa shape index (κ2) is 5.72. The van der Waals surface area contributed by atoms with E-state index >= 15 is 0 Å². The highest BCUT2D eigenvalue weighted by Crippen LogP contribution is 2.27. The molecule has 0 aliphatic carbocycles. The topological polar surface area (TPSA) is 93.8 Å². The summed E-state index contributed by atoms with van der Waals surface area (Å²) in [5, 5.41) is 17.1. The number of benzene rings is 1. The monoisotopic (exact) mass is 315 g/mol. The molecule has 0 aliphatic rings. The number of thioether (sulfide) groups is 1. The number of nitrogens with zero attached hydrogens (tertiary/aromatic N) is 5. The Morgan fingerprint density at radius 3 is 2.68 bits per heavy atom. The maximum absolute atomic E-state index is 11.0. The molecule has 8 heteroatoms. The summed E-state index contributed by atoms with van der Waals surface area (Å²) >= 11 is 1.13. The summed E-state index contributed by atoms with van der Waals surface area (Å²) in [5.74, 6) is -0.900. The van der Waals surface area contributed by atoms with Gasteiger partial charge in [0, 0.05) is 0 Å². The molecule has 2 heterocycles. The van der Waals surface area contributed by atoms with E-state index in [4.69, 9.17) is 5.11 Å². The Bertz CT molecular complexity index is 831. The number of aromatic nitrogens is 5. The molecule has 0 saturated carbocycles. The Morgan fingerprint density at radius 2 is 2.00 bits per heavy atom. The van der Waals surface area contributed by atoms with Crippen molar-refractivity contribution >= 4 is 28.9 Å². The van der Waals surface area contributed by atoms with Gasteiger partial charge in [-0.1, -0.05) is 34.7 Å². The fourth-order valence-electron chi connectivity index (χ4n) is 1.89. The molecule has 1 atom stereocenters. The van der Waals surface area contributed by atoms with Crippen LogP contribution >= 0.6 is 11.8 Å². The van der Waals surface area contributed by atoms with E-state index in [1.54, 1.807) is 11.6 Å². The van der Waals surface area contributed by atoms with E-state index in [1.165, 1.54) is 6.33 Å². The molecule has 0 radical (unpaired) electrons. The maximum atomic E-state index is 11.0. The third-order valence-electron chi connectivity index (χ3n) is 3.12. The first-order valence-electron chi connectivity index (χ1n) is 6.59. The van der Waals surface area contributed by atoms with Crippen molar-refractivity contribution in [2.45, 2.75) is 24.1 Å². The fourth-order valence-corrected chi connectivity index (χ4v) is 2.68. The molecule has 0 aliphatic heterocycles. The zero-order chi connectivity index (χ0) is 15.7. The van der Waals surface area contributed by atoms with Gasteiger partial charge >= 0.3 is 5.97 Å². The molecule has 1 unspecified atom stereocenters. The predicted molar refractivity (Wildman–Crippen MR) is 82.1 cm³/mol. The minimum atomic E-state index is -0.900. The first-order valence-corrected chi connectivity index (χ1v) is 7.47. The molecule has 3 aromatic rings. The van der Waals surface area contributed by atoms with Crippen molar-refractivity contribution in [1.82, 2.24) is 25.0 Å². The van der Waals surface area contributed by atoms with Crippen LogP contribution in [-0.4, -0.2) is 41.3 Å². The summed E-state index contributed by atoms with van der Waals surface area (Å²) in [6.07, 6.45) is 1.40. The largest absolute Gasteiger partial charge is 0.480 e. The molecule has 3 rings (SSSR count). The lowest BCUT2D eigenvalue weighted by Gasteiger charge is -2.05. The molecule has 0 amide bonds. The molecule has 112 valence electrons. The molecule has 7 nitrogen and oxygen atoms in total. The van der Waals surface area contributed by atoms with Crippen molar-refractivity contribution in [3.05, 3.63) is 36.2 Å². The summed E-state index contributed by atoms with van der Waals surface area (Å²) in [6, 6.07) is 7.81. The average molecular weight is 315 g/mol. The highest BCUT2D eigenvalue weighted by atomic mass is 32.2. The van der Waals surface area contributed by atoms with Crippen molar-refractivity contribution in [2.24, 2.45) is 0 Å². The molecule has 0 fully saturated rings. The van der Waals surface area contributed by atoms with Gasteiger partial charge in [-0.15, -0.1) is 5.10 Å².